The van der Waals surface area contributed by atoms with E-state index in [0.29, 0.717) is 18.3 Å². The topological polar surface area (TPSA) is 42.2 Å². The third-order valence-electron chi connectivity index (χ3n) is 3.67. The smallest absolute Gasteiger partial charge is 0.416 e. The summed E-state index contributed by atoms with van der Waals surface area (Å²) in [7, 11) is 0. The number of alkyl halides is 3. The highest BCUT2D eigenvalue weighted by Crippen LogP contribution is 2.35. The number of hydrogen-bond donors (Lipinski definition) is 0. The Labute approximate surface area is 125 Å². The Morgan fingerprint density at radius 1 is 1.18 bits per heavy atom. The van der Waals surface area contributed by atoms with E-state index in [-0.39, 0.29) is 18.2 Å². The molecule has 0 unspecified atom stereocenters. The summed E-state index contributed by atoms with van der Waals surface area (Å²) < 4.78 is 44.6. The van der Waals surface area contributed by atoms with Crippen LogP contribution in [0.2, 0.25) is 0 Å². The molecule has 1 saturated carbocycles. The molecule has 1 aromatic carbocycles. The summed E-state index contributed by atoms with van der Waals surface area (Å²) in [6, 6.07) is 5.98. The first kappa shape index (κ1) is 15.0. The van der Waals surface area contributed by atoms with Gasteiger partial charge in [0.25, 0.3) is 0 Å². The van der Waals surface area contributed by atoms with Gasteiger partial charge in [0.1, 0.15) is 0 Å². The molecule has 1 fully saturated rings. The van der Waals surface area contributed by atoms with Crippen LogP contribution in [-0.2, 0) is 19.3 Å². The lowest BCUT2D eigenvalue weighted by Gasteiger charge is -2.22. The Kier molecular flexibility index (Phi) is 3.90. The minimum Gasteiger partial charge on any atom is -0.424 e. The molecular weight excluding hydrogens is 295 g/mol. The Bertz CT molecular complexity index is 649. The highest BCUT2D eigenvalue weighted by molar-refractivity contribution is 5.29. The van der Waals surface area contributed by atoms with Gasteiger partial charge in [0.15, 0.2) is 0 Å². The second-order valence-corrected chi connectivity index (χ2v) is 5.51. The van der Waals surface area contributed by atoms with Crippen LogP contribution >= 0.6 is 0 Å². The summed E-state index contributed by atoms with van der Waals surface area (Å²) in [6.07, 6.45) is -2.37. The first-order valence-electron chi connectivity index (χ1n) is 7.11. The molecule has 22 heavy (non-hydrogen) atoms. The third kappa shape index (κ3) is 3.47. The maximum Gasteiger partial charge on any atom is 0.416 e. The zero-order valence-corrected chi connectivity index (χ0v) is 12.1. The van der Waals surface area contributed by atoms with Crippen LogP contribution in [0.15, 0.2) is 28.7 Å². The Balaban J connectivity index is 1.80. The largest absolute Gasteiger partial charge is 0.424 e. The first-order chi connectivity index (χ1) is 10.4. The van der Waals surface area contributed by atoms with Crippen molar-refractivity contribution in [1.82, 2.24) is 15.1 Å². The van der Waals surface area contributed by atoms with Crippen LogP contribution in [0.4, 0.5) is 13.2 Å². The number of halogens is 3. The standard InChI is InChI=1S/C15H16F3N3O/c1-10-19-20-14(22-10)9-21(12-6-7-12)8-11-4-2-3-5-13(11)15(16,17)18/h2-5,12H,6-9H2,1H3. The van der Waals surface area contributed by atoms with Crippen molar-refractivity contribution in [3.8, 4) is 0 Å². The van der Waals surface area contributed by atoms with E-state index in [2.05, 4.69) is 10.2 Å². The van der Waals surface area contributed by atoms with Crippen LogP contribution in [0.3, 0.4) is 0 Å². The van der Waals surface area contributed by atoms with Crippen molar-refractivity contribution in [3.63, 3.8) is 0 Å². The molecule has 0 aliphatic heterocycles. The molecule has 3 rings (SSSR count). The highest BCUT2D eigenvalue weighted by Gasteiger charge is 2.35. The molecular formula is C15H16F3N3O. The summed E-state index contributed by atoms with van der Waals surface area (Å²) in [5.74, 6) is 0.898. The van der Waals surface area contributed by atoms with Crippen molar-refractivity contribution < 1.29 is 17.6 Å². The molecule has 0 N–H and O–H groups in total. The molecule has 7 heteroatoms. The average molecular weight is 311 g/mol. The minimum atomic E-state index is -4.34. The molecule has 4 nitrogen and oxygen atoms in total. The van der Waals surface area contributed by atoms with Crippen molar-refractivity contribution in [2.45, 2.75) is 45.1 Å². The van der Waals surface area contributed by atoms with Crippen molar-refractivity contribution in [1.29, 1.82) is 0 Å². The van der Waals surface area contributed by atoms with Crippen LogP contribution in [0, 0.1) is 6.92 Å². The zero-order chi connectivity index (χ0) is 15.7. The van der Waals surface area contributed by atoms with Crippen molar-refractivity contribution in [3.05, 3.63) is 47.2 Å². The van der Waals surface area contributed by atoms with Crippen LogP contribution < -0.4 is 0 Å². The molecule has 1 aliphatic rings. The van der Waals surface area contributed by atoms with Crippen LogP contribution in [0.5, 0.6) is 0 Å². The summed E-state index contributed by atoms with van der Waals surface area (Å²) >= 11 is 0. The Hall–Kier alpha value is -1.89. The number of benzene rings is 1. The van der Waals surface area contributed by atoms with E-state index in [0.717, 1.165) is 18.9 Å². The maximum atomic E-state index is 13.1. The van der Waals surface area contributed by atoms with E-state index < -0.39 is 11.7 Å². The van der Waals surface area contributed by atoms with Gasteiger partial charge in [-0.2, -0.15) is 13.2 Å². The normalized spacial score (nSPS) is 15.5. The fraction of sp³-hybridized carbons (Fsp3) is 0.467. The van der Waals surface area contributed by atoms with Gasteiger partial charge in [-0.25, -0.2) is 0 Å². The highest BCUT2D eigenvalue weighted by atomic mass is 19.4. The molecule has 0 radical (unpaired) electrons. The number of nitrogens with zero attached hydrogens (tertiary/aromatic N) is 3. The monoisotopic (exact) mass is 311 g/mol. The number of hydrogen-bond acceptors (Lipinski definition) is 4. The molecule has 1 aromatic heterocycles. The fourth-order valence-electron chi connectivity index (χ4n) is 2.48. The first-order valence-corrected chi connectivity index (χ1v) is 7.11. The average Bonchev–Trinajstić information content (AvgIpc) is 3.22. The molecule has 0 saturated heterocycles. The lowest BCUT2D eigenvalue weighted by atomic mass is 10.1. The van der Waals surface area contributed by atoms with Gasteiger partial charge in [-0.05, 0) is 24.5 Å². The SMILES string of the molecule is Cc1nnc(CN(Cc2ccccc2C(F)(F)F)C2CC2)o1. The summed E-state index contributed by atoms with van der Waals surface area (Å²) in [5, 5.41) is 7.69. The second-order valence-electron chi connectivity index (χ2n) is 5.51. The maximum absolute atomic E-state index is 13.1. The predicted molar refractivity (Wildman–Crippen MR) is 72.7 cm³/mol. The van der Waals surface area contributed by atoms with E-state index in [4.69, 9.17) is 4.42 Å². The fourth-order valence-corrected chi connectivity index (χ4v) is 2.48. The molecule has 2 aromatic rings. The van der Waals surface area contributed by atoms with Crippen molar-refractivity contribution in [2.75, 3.05) is 0 Å². The second kappa shape index (κ2) is 5.72. The molecule has 0 bridgehead atoms. The van der Waals surface area contributed by atoms with E-state index >= 15 is 0 Å². The van der Waals surface area contributed by atoms with Gasteiger partial charge in [-0.15, -0.1) is 10.2 Å². The van der Waals surface area contributed by atoms with E-state index in [1.54, 1.807) is 13.0 Å². The van der Waals surface area contributed by atoms with Gasteiger partial charge in [0.2, 0.25) is 11.8 Å². The minimum absolute atomic E-state index is 0.224. The van der Waals surface area contributed by atoms with Crippen LogP contribution in [0.1, 0.15) is 35.7 Å². The molecule has 0 atom stereocenters. The van der Waals surface area contributed by atoms with Crippen LogP contribution in [-0.4, -0.2) is 21.1 Å². The Morgan fingerprint density at radius 2 is 1.91 bits per heavy atom. The van der Waals surface area contributed by atoms with Crippen molar-refractivity contribution >= 4 is 0 Å². The van der Waals surface area contributed by atoms with Gasteiger partial charge in [0.05, 0.1) is 12.1 Å². The lowest BCUT2D eigenvalue weighted by molar-refractivity contribution is -0.138. The van der Waals surface area contributed by atoms with Gasteiger partial charge in [-0.1, -0.05) is 18.2 Å². The number of aryl methyl sites for hydroxylation is 1. The molecule has 1 heterocycles. The van der Waals surface area contributed by atoms with Crippen LogP contribution in [0.25, 0.3) is 0 Å². The molecule has 118 valence electrons. The summed E-state index contributed by atoms with van der Waals surface area (Å²) in [5.41, 5.74) is -0.305. The van der Waals surface area contributed by atoms with Gasteiger partial charge < -0.3 is 4.42 Å². The molecule has 0 spiro atoms. The number of rotatable bonds is 5. The van der Waals surface area contributed by atoms with Crippen molar-refractivity contribution in [2.24, 2.45) is 0 Å². The Morgan fingerprint density at radius 3 is 2.50 bits per heavy atom. The lowest BCUT2D eigenvalue weighted by Crippen LogP contribution is -2.26. The van der Waals surface area contributed by atoms with E-state index in [1.807, 2.05) is 4.90 Å². The van der Waals surface area contributed by atoms with E-state index in [9.17, 15) is 13.2 Å². The third-order valence-corrected chi connectivity index (χ3v) is 3.67. The summed E-state index contributed by atoms with van der Waals surface area (Å²) in [6.45, 7) is 2.29. The predicted octanol–water partition coefficient (Wildman–Crippen LogP) is 3.56. The summed E-state index contributed by atoms with van der Waals surface area (Å²) in [4.78, 5) is 1.97. The van der Waals surface area contributed by atoms with E-state index in [1.165, 1.54) is 12.1 Å². The molecule has 0 amide bonds. The quantitative estimate of drug-likeness (QED) is 0.846. The number of aromatic nitrogens is 2. The zero-order valence-electron chi connectivity index (χ0n) is 12.1. The molecule has 1 aliphatic carbocycles. The van der Waals surface area contributed by atoms with Gasteiger partial charge >= 0.3 is 6.18 Å². The van der Waals surface area contributed by atoms with Gasteiger partial charge in [-0.3, -0.25) is 4.90 Å². The van der Waals surface area contributed by atoms with Gasteiger partial charge in [0, 0.05) is 19.5 Å².